The molecule has 0 spiro atoms. The van der Waals surface area contributed by atoms with Crippen LogP contribution in [-0.4, -0.2) is 36.5 Å². The van der Waals surface area contributed by atoms with Gasteiger partial charge < -0.3 is 14.7 Å². The molecule has 200 valence electrons. The van der Waals surface area contributed by atoms with Gasteiger partial charge in [-0.1, -0.05) is 48.5 Å². The Hall–Kier alpha value is -3.34. The fourth-order valence-electron chi connectivity index (χ4n) is 3.62. The molecule has 0 fully saturated rings. The first kappa shape index (κ1) is 28.2. The molecule has 1 unspecified atom stereocenters. The largest absolute Gasteiger partial charge is 0.461 e. The van der Waals surface area contributed by atoms with Gasteiger partial charge in [0.1, 0.15) is 12.4 Å². The van der Waals surface area contributed by atoms with Crippen LogP contribution in [0.2, 0.25) is 0 Å². The van der Waals surface area contributed by atoms with Crippen LogP contribution in [-0.2, 0) is 19.6 Å². The summed E-state index contributed by atoms with van der Waals surface area (Å²) in [7, 11) is 0. The summed E-state index contributed by atoms with van der Waals surface area (Å²) in [5.41, 5.74) is 2.40. The minimum Gasteiger partial charge on any atom is -0.428 e. The second kappa shape index (κ2) is 11.8. The molecule has 37 heavy (non-hydrogen) atoms. The summed E-state index contributed by atoms with van der Waals surface area (Å²) in [4.78, 5) is 1.18. The average molecular weight is 533 g/mol. The van der Waals surface area contributed by atoms with Crippen molar-refractivity contribution >= 4 is 5.69 Å². The summed E-state index contributed by atoms with van der Waals surface area (Å²) in [5, 5.41) is 9.72. The van der Waals surface area contributed by atoms with Crippen LogP contribution in [0.3, 0.4) is 0 Å². The zero-order chi connectivity index (χ0) is 27.2. The number of hydrogen-bond acceptors (Lipinski definition) is 3. The molecule has 1 atom stereocenters. The molecule has 0 amide bonds. The highest BCUT2D eigenvalue weighted by atomic mass is 19.4. The molecule has 0 aliphatic heterocycles. The Morgan fingerprint density at radius 2 is 1.38 bits per heavy atom. The third-order valence-corrected chi connectivity index (χ3v) is 5.38. The van der Waals surface area contributed by atoms with E-state index in [1.54, 1.807) is 42.5 Å². The van der Waals surface area contributed by atoms with Gasteiger partial charge in [0.05, 0.1) is 6.54 Å². The first-order valence-electron chi connectivity index (χ1n) is 11.0. The van der Waals surface area contributed by atoms with E-state index in [1.165, 1.54) is 23.1 Å². The molecule has 0 aliphatic rings. The van der Waals surface area contributed by atoms with Gasteiger partial charge in [-0.25, -0.2) is 4.39 Å². The zero-order valence-electron chi connectivity index (χ0n) is 19.2. The number of halogens is 8. The third-order valence-electron chi connectivity index (χ3n) is 5.38. The van der Waals surface area contributed by atoms with Crippen molar-refractivity contribution in [2.24, 2.45) is 0 Å². The van der Waals surface area contributed by atoms with Crippen molar-refractivity contribution in [2.75, 3.05) is 11.4 Å². The zero-order valence-corrected chi connectivity index (χ0v) is 19.2. The van der Waals surface area contributed by atoms with Gasteiger partial charge in [0, 0.05) is 12.2 Å². The molecule has 0 aromatic heterocycles. The second-order valence-electron chi connectivity index (χ2n) is 8.35. The lowest BCUT2D eigenvalue weighted by molar-refractivity contribution is -0.253. The number of anilines is 1. The van der Waals surface area contributed by atoms with E-state index in [0.29, 0.717) is 17.5 Å². The third kappa shape index (κ3) is 8.08. The number of hydrogen-bond donors (Lipinski definition) is 1. The fraction of sp³-hybridized carbons (Fsp3) is 0.308. The second-order valence-corrected chi connectivity index (χ2v) is 8.35. The lowest BCUT2D eigenvalue weighted by atomic mass is 10.0. The first-order chi connectivity index (χ1) is 17.4. The Balaban J connectivity index is 1.88. The molecule has 0 aliphatic carbocycles. The fourth-order valence-corrected chi connectivity index (χ4v) is 3.62. The van der Waals surface area contributed by atoms with Crippen LogP contribution >= 0.6 is 0 Å². The molecule has 3 aromatic carbocycles. The van der Waals surface area contributed by atoms with E-state index in [9.17, 15) is 40.2 Å². The number of rotatable bonds is 11. The molecule has 0 heterocycles. The molecule has 3 rings (SSSR count). The van der Waals surface area contributed by atoms with E-state index in [0.717, 1.165) is 17.7 Å². The Kier molecular flexibility index (Phi) is 9.01. The van der Waals surface area contributed by atoms with E-state index in [1.807, 2.05) is 0 Å². The maximum absolute atomic E-state index is 13.3. The molecule has 11 heteroatoms. The van der Waals surface area contributed by atoms with Crippen molar-refractivity contribution in [3.63, 3.8) is 0 Å². The smallest absolute Gasteiger partial charge is 0.428 e. The van der Waals surface area contributed by atoms with Crippen LogP contribution in [0.1, 0.15) is 22.3 Å². The summed E-state index contributed by atoms with van der Waals surface area (Å²) in [6.07, 6.45) is -16.1. The molecule has 3 nitrogen and oxygen atoms in total. The summed E-state index contributed by atoms with van der Waals surface area (Å²) in [6.45, 7) is -1.82. The Morgan fingerprint density at radius 1 is 0.784 bits per heavy atom. The number of aliphatic hydroxyl groups is 1. The molecule has 0 saturated carbocycles. The highest BCUT2D eigenvalue weighted by Crippen LogP contribution is 2.30. The minimum atomic E-state index is -4.92. The van der Waals surface area contributed by atoms with E-state index >= 15 is 0 Å². The standard InChI is InChI=1S/C26H23F8NO2/c27-14-19-6-1-4-17(11-19)10-18-5-2-8-21(12-18)35(16-23(36)25(30,31)32)15-20-7-3-9-22(13-20)37-26(33,34)24(28)29/h1-9,11-13,23-24,36H,10,14-16H2. The minimum absolute atomic E-state index is 0.179. The Bertz CT molecular complexity index is 1170. The maximum Gasteiger partial charge on any atom is 0.461 e. The number of nitrogens with zero attached hydrogens (tertiary/aromatic N) is 1. The first-order valence-corrected chi connectivity index (χ1v) is 11.0. The highest BCUT2D eigenvalue weighted by Gasteiger charge is 2.44. The molecule has 0 bridgehead atoms. The van der Waals surface area contributed by atoms with Gasteiger partial charge in [-0.2, -0.15) is 30.7 Å². The normalized spacial score (nSPS) is 13.0. The van der Waals surface area contributed by atoms with E-state index in [4.69, 9.17) is 0 Å². The Labute approximate surface area is 207 Å². The van der Waals surface area contributed by atoms with Crippen molar-refractivity contribution in [2.45, 2.75) is 44.5 Å². The van der Waals surface area contributed by atoms with Crippen LogP contribution in [0.5, 0.6) is 5.75 Å². The number of benzene rings is 3. The predicted octanol–water partition coefficient (Wildman–Crippen LogP) is 6.91. The van der Waals surface area contributed by atoms with Crippen LogP contribution in [0.15, 0.2) is 72.8 Å². The summed E-state index contributed by atoms with van der Waals surface area (Å²) in [6, 6.07) is 17.8. The van der Waals surface area contributed by atoms with Crippen molar-refractivity contribution in [3.8, 4) is 5.75 Å². The SMILES string of the molecule is OC(CN(Cc1cccc(OC(F)(F)C(F)F)c1)c1cccc(Cc2cccc(CF)c2)c1)C(F)(F)F. The van der Waals surface area contributed by atoms with E-state index in [-0.39, 0.29) is 17.8 Å². The van der Waals surface area contributed by atoms with Crippen LogP contribution in [0.25, 0.3) is 0 Å². The van der Waals surface area contributed by atoms with Gasteiger partial charge in [-0.15, -0.1) is 0 Å². The van der Waals surface area contributed by atoms with Crippen molar-refractivity contribution in [3.05, 3.63) is 95.1 Å². The van der Waals surface area contributed by atoms with Gasteiger partial charge in [0.2, 0.25) is 0 Å². The summed E-state index contributed by atoms with van der Waals surface area (Å²) >= 11 is 0. The lowest BCUT2D eigenvalue weighted by Crippen LogP contribution is -2.41. The van der Waals surface area contributed by atoms with Gasteiger partial charge >= 0.3 is 18.7 Å². The Morgan fingerprint density at radius 3 is 2.03 bits per heavy atom. The van der Waals surface area contributed by atoms with Crippen molar-refractivity contribution in [1.29, 1.82) is 0 Å². The van der Waals surface area contributed by atoms with Crippen molar-refractivity contribution < 1.29 is 45.0 Å². The van der Waals surface area contributed by atoms with Gasteiger partial charge in [-0.3, -0.25) is 0 Å². The van der Waals surface area contributed by atoms with Crippen LogP contribution in [0, 0.1) is 0 Å². The molecule has 3 aromatic rings. The number of aliphatic hydroxyl groups excluding tert-OH is 1. The van der Waals surface area contributed by atoms with Gasteiger partial charge in [0.25, 0.3) is 0 Å². The van der Waals surface area contributed by atoms with Gasteiger partial charge in [0.15, 0.2) is 6.10 Å². The average Bonchev–Trinajstić information content (AvgIpc) is 2.83. The van der Waals surface area contributed by atoms with E-state index in [2.05, 4.69) is 4.74 Å². The molecule has 0 radical (unpaired) electrons. The number of ether oxygens (including phenoxy) is 1. The van der Waals surface area contributed by atoms with Crippen LogP contribution < -0.4 is 9.64 Å². The molecule has 0 saturated heterocycles. The van der Waals surface area contributed by atoms with Crippen LogP contribution in [0.4, 0.5) is 40.8 Å². The molecule has 1 N–H and O–H groups in total. The monoisotopic (exact) mass is 533 g/mol. The quantitative estimate of drug-likeness (QED) is 0.272. The predicted molar refractivity (Wildman–Crippen MR) is 122 cm³/mol. The molecular weight excluding hydrogens is 510 g/mol. The summed E-state index contributed by atoms with van der Waals surface area (Å²) in [5.74, 6) is -0.597. The topological polar surface area (TPSA) is 32.7 Å². The maximum atomic E-state index is 13.3. The lowest BCUT2D eigenvalue weighted by Gasteiger charge is -2.29. The highest BCUT2D eigenvalue weighted by molar-refractivity contribution is 5.50. The van der Waals surface area contributed by atoms with Gasteiger partial charge in [-0.05, 0) is 52.9 Å². The number of alkyl halides is 8. The molecular formula is C26H23F8NO2. The van der Waals surface area contributed by atoms with Crippen molar-refractivity contribution in [1.82, 2.24) is 0 Å². The van der Waals surface area contributed by atoms with E-state index < -0.39 is 43.8 Å². The summed E-state index contributed by atoms with van der Waals surface area (Å²) < 4.78 is 108.